The zero-order valence-electron chi connectivity index (χ0n) is 15.0. The smallest absolute Gasteiger partial charge is 0.305 e. The van der Waals surface area contributed by atoms with Crippen molar-refractivity contribution >= 4 is 45.4 Å². The average Bonchev–Trinajstić information content (AvgIpc) is 3.26. The Labute approximate surface area is 168 Å². The molecule has 9 heteroatoms. The van der Waals surface area contributed by atoms with E-state index in [1.807, 2.05) is 0 Å². The van der Waals surface area contributed by atoms with Crippen LogP contribution in [0.4, 0.5) is 5.69 Å². The predicted molar refractivity (Wildman–Crippen MR) is 97.7 cm³/mol. The van der Waals surface area contributed by atoms with Crippen molar-refractivity contribution in [3.05, 3.63) is 40.9 Å². The molecule has 0 aromatic heterocycles. The standard InChI is InChI=1S/C19H16BrNO7/c1-9(22)26-18(27-10(2)23)19-8-7-13(28-19)14-15(19)17(25)21(16(14)24)12-5-3-11(20)4-6-12/h3-8,13-15,18H,1-2H3/t13-,14+,15+,19+/m0/s1. The summed E-state index contributed by atoms with van der Waals surface area (Å²) in [5.74, 6) is -4.05. The normalized spacial score (nSPS) is 30.1. The molecule has 3 aliphatic heterocycles. The second-order valence-electron chi connectivity index (χ2n) is 6.84. The number of nitrogens with zero attached hydrogens (tertiary/aromatic N) is 1. The van der Waals surface area contributed by atoms with Crippen molar-refractivity contribution in [1.29, 1.82) is 0 Å². The van der Waals surface area contributed by atoms with E-state index in [1.54, 1.807) is 36.4 Å². The number of esters is 2. The van der Waals surface area contributed by atoms with E-state index in [0.29, 0.717) is 5.69 Å². The molecule has 1 aromatic rings. The molecule has 4 atom stereocenters. The second-order valence-corrected chi connectivity index (χ2v) is 7.75. The minimum absolute atomic E-state index is 0.405. The van der Waals surface area contributed by atoms with Gasteiger partial charge in [0.1, 0.15) is 0 Å². The lowest BCUT2D eigenvalue weighted by Gasteiger charge is -2.34. The maximum absolute atomic E-state index is 13.3. The fourth-order valence-electron chi connectivity index (χ4n) is 4.06. The molecule has 0 spiro atoms. The molecule has 2 fully saturated rings. The first-order chi connectivity index (χ1) is 13.2. The Morgan fingerprint density at radius 2 is 1.71 bits per heavy atom. The highest BCUT2D eigenvalue weighted by atomic mass is 79.9. The average molecular weight is 450 g/mol. The Balaban J connectivity index is 1.74. The fraction of sp³-hybridized carbons (Fsp3) is 0.368. The lowest BCUT2D eigenvalue weighted by molar-refractivity contribution is -0.226. The number of amides is 2. The van der Waals surface area contributed by atoms with Crippen molar-refractivity contribution in [2.45, 2.75) is 31.8 Å². The Morgan fingerprint density at radius 3 is 2.29 bits per heavy atom. The summed E-state index contributed by atoms with van der Waals surface area (Å²) in [5.41, 5.74) is -1.11. The molecule has 3 heterocycles. The van der Waals surface area contributed by atoms with Gasteiger partial charge in [-0.2, -0.15) is 0 Å². The lowest BCUT2D eigenvalue weighted by Crippen LogP contribution is -2.52. The topological polar surface area (TPSA) is 99.2 Å². The Kier molecular flexibility index (Phi) is 4.39. The van der Waals surface area contributed by atoms with Crippen molar-refractivity contribution in [3.8, 4) is 0 Å². The largest absolute Gasteiger partial charge is 0.422 e. The van der Waals surface area contributed by atoms with Crippen LogP contribution in [0, 0.1) is 11.8 Å². The quantitative estimate of drug-likeness (QED) is 0.298. The number of fused-ring (bicyclic) bond motifs is 5. The molecule has 28 heavy (non-hydrogen) atoms. The molecule has 1 aromatic carbocycles. The third kappa shape index (κ3) is 2.68. The van der Waals surface area contributed by atoms with E-state index in [0.717, 1.165) is 23.2 Å². The van der Waals surface area contributed by atoms with Crippen LogP contribution in [0.2, 0.25) is 0 Å². The van der Waals surface area contributed by atoms with E-state index in [2.05, 4.69) is 15.9 Å². The van der Waals surface area contributed by atoms with Crippen molar-refractivity contribution < 1.29 is 33.4 Å². The van der Waals surface area contributed by atoms with Gasteiger partial charge in [-0.05, 0) is 30.3 Å². The molecular weight excluding hydrogens is 434 g/mol. The van der Waals surface area contributed by atoms with Gasteiger partial charge in [0.05, 0.1) is 23.6 Å². The molecular formula is C19H16BrNO7. The van der Waals surface area contributed by atoms with Gasteiger partial charge in [0, 0.05) is 18.3 Å². The van der Waals surface area contributed by atoms with Gasteiger partial charge in [0.2, 0.25) is 11.8 Å². The summed E-state index contributed by atoms with van der Waals surface area (Å²) in [6.07, 6.45) is 1.04. The SMILES string of the molecule is CC(=O)OC(OC(C)=O)[C@]12C=C[C@H](O1)[C@H]1C(=O)N(c3ccc(Br)cc3)C(=O)[C@@H]12. The van der Waals surface area contributed by atoms with Crippen LogP contribution in [0.15, 0.2) is 40.9 Å². The number of ether oxygens (including phenoxy) is 3. The van der Waals surface area contributed by atoms with E-state index >= 15 is 0 Å². The first-order valence-electron chi connectivity index (χ1n) is 8.59. The zero-order valence-corrected chi connectivity index (χ0v) is 16.5. The summed E-state index contributed by atoms with van der Waals surface area (Å²) in [4.78, 5) is 50.5. The summed E-state index contributed by atoms with van der Waals surface area (Å²) in [6.45, 7) is 2.32. The number of hydrogen-bond acceptors (Lipinski definition) is 7. The second kappa shape index (κ2) is 6.52. The highest BCUT2D eigenvalue weighted by Crippen LogP contribution is 2.54. The van der Waals surface area contributed by atoms with Crippen LogP contribution in [-0.4, -0.2) is 41.7 Å². The zero-order chi connectivity index (χ0) is 20.2. The molecule has 0 saturated carbocycles. The Bertz CT molecular complexity index is 895. The molecule has 0 unspecified atom stereocenters. The van der Waals surface area contributed by atoms with Gasteiger partial charge in [-0.3, -0.25) is 19.2 Å². The number of imide groups is 1. The summed E-state index contributed by atoms with van der Waals surface area (Å²) in [7, 11) is 0. The van der Waals surface area contributed by atoms with E-state index in [9.17, 15) is 19.2 Å². The van der Waals surface area contributed by atoms with Crippen LogP contribution in [0.5, 0.6) is 0 Å². The van der Waals surface area contributed by atoms with Crippen molar-refractivity contribution in [2.75, 3.05) is 4.90 Å². The van der Waals surface area contributed by atoms with E-state index in [4.69, 9.17) is 14.2 Å². The summed E-state index contributed by atoms with van der Waals surface area (Å²) < 4.78 is 17.0. The molecule has 0 radical (unpaired) electrons. The molecule has 8 nitrogen and oxygen atoms in total. The first kappa shape index (κ1) is 18.8. The van der Waals surface area contributed by atoms with E-state index in [-0.39, 0.29) is 0 Å². The fourth-order valence-corrected chi connectivity index (χ4v) is 4.33. The molecule has 0 N–H and O–H groups in total. The highest BCUT2D eigenvalue weighted by molar-refractivity contribution is 9.10. The molecule has 3 aliphatic rings. The van der Waals surface area contributed by atoms with Crippen LogP contribution >= 0.6 is 15.9 Å². The summed E-state index contributed by atoms with van der Waals surface area (Å²) in [6, 6.07) is 6.76. The number of halogens is 1. The number of benzene rings is 1. The number of hydrogen-bond donors (Lipinski definition) is 0. The van der Waals surface area contributed by atoms with Crippen molar-refractivity contribution in [3.63, 3.8) is 0 Å². The van der Waals surface area contributed by atoms with Gasteiger partial charge in [-0.15, -0.1) is 0 Å². The number of carbonyl (C=O) groups excluding carboxylic acids is 4. The van der Waals surface area contributed by atoms with Crippen LogP contribution < -0.4 is 4.90 Å². The lowest BCUT2D eigenvalue weighted by atomic mass is 9.76. The van der Waals surface area contributed by atoms with Gasteiger partial charge < -0.3 is 14.2 Å². The van der Waals surface area contributed by atoms with Crippen LogP contribution in [0.3, 0.4) is 0 Å². The molecule has 146 valence electrons. The predicted octanol–water partition coefficient (Wildman–Crippen LogP) is 1.71. The molecule has 4 rings (SSSR count). The van der Waals surface area contributed by atoms with Gasteiger partial charge in [0.25, 0.3) is 6.29 Å². The van der Waals surface area contributed by atoms with E-state index < -0.39 is 53.6 Å². The summed E-state index contributed by atoms with van der Waals surface area (Å²) in [5, 5.41) is 0. The monoisotopic (exact) mass is 449 g/mol. The maximum atomic E-state index is 13.3. The minimum atomic E-state index is -1.54. The van der Waals surface area contributed by atoms with E-state index in [1.165, 1.54) is 0 Å². The summed E-state index contributed by atoms with van der Waals surface area (Å²) >= 11 is 3.32. The molecule has 2 amide bonds. The molecule has 2 bridgehead atoms. The van der Waals surface area contributed by atoms with Crippen molar-refractivity contribution in [1.82, 2.24) is 0 Å². The Hall–Kier alpha value is -2.52. The number of carbonyl (C=O) groups is 4. The maximum Gasteiger partial charge on any atom is 0.305 e. The minimum Gasteiger partial charge on any atom is -0.422 e. The van der Waals surface area contributed by atoms with Gasteiger partial charge >= 0.3 is 11.9 Å². The third-order valence-electron chi connectivity index (χ3n) is 5.08. The first-order valence-corrected chi connectivity index (χ1v) is 9.39. The Morgan fingerprint density at radius 1 is 1.11 bits per heavy atom. The van der Waals surface area contributed by atoms with Gasteiger partial charge in [-0.1, -0.05) is 22.0 Å². The van der Waals surface area contributed by atoms with Crippen LogP contribution in [0.1, 0.15) is 13.8 Å². The highest BCUT2D eigenvalue weighted by Gasteiger charge is 2.72. The van der Waals surface area contributed by atoms with Crippen LogP contribution in [0.25, 0.3) is 0 Å². The molecule has 2 saturated heterocycles. The number of anilines is 1. The van der Waals surface area contributed by atoms with Gasteiger partial charge in [0.15, 0.2) is 5.60 Å². The molecule has 0 aliphatic carbocycles. The third-order valence-corrected chi connectivity index (χ3v) is 5.61. The van der Waals surface area contributed by atoms with Gasteiger partial charge in [-0.25, -0.2) is 4.90 Å². The van der Waals surface area contributed by atoms with Crippen LogP contribution in [-0.2, 0) is 33.4 Å². The van der Waals surface area contributed by atoms with Crippen molar-refractivity contribution in [2.24, 2.45) is 11.8 Å². The number of rotatable bonds is 4.